The van der Waals surface area contributed by atoms with E-state index in [1.54, 1.807) is 25.1 Å². The van der Waals surface area contributed by atoms with Crippen LogP contribution in [0.2, 0.25) is 0 Å². The van der Waals surface area contributed by atoms with Gasteiger partial charge in [-0.05, 0) is 31.2 Å². The Bertz CT molecular complexity index is 940. The third-order valence-electron chi connectivity index (χ3n) is 3.82. The molecule has 0 radical (unpaired) electrons. The Morgan fingerprint density at radius 2 is 1.96 bits per heavy atom. The number of thiophene rings is 1. The summed E-state index contributed by atoms with van der Waals surface area (Å²) in [5.41, 5.74) is 1.14. The summed E-state index contributed by atoms with van der Waals surface area (Å²) in [7, 11) is 0. The number of amides is 1. The zero-order valence-electron chi connectivity index (χ0n) is 14.4. The Morgan fingerprint density at radius 3 is 2.69 bits per heavy atom. The van der Waals surface area contributed by atoms with Crippen LogP contribution in [-0.2, 0) is 16.1 Å². The molecule has 134 valence electrons. The Kier molecular flexibility index (Phi) is 5.18. The van der Waals surface area contributed by atoms with E-state index in [1.165, 1.54) is 18.3 Å². The number of carbonyl (C=O) groups is 3. The molecule has 0 bridgehead atoms. The van der Waals surface area contributed by atoms with E-state index in [0.717, 1.165) is 15.8 Å². The molecule has 26 heavy (non-hydrogen) atoms. The molecule has 0 saturated heterocycles. The van der Waals surface area contributed by atoms with E-state index in [9.17, 15) is 14.4 Å². The minimum absolute atomic E-state index is 0.132. The maximum atomic E-state index is 12.5. The molecular weight excluding hydrogens is 352 g/mol. The highest BCUT2D eigenvalue weighted by atomic mass is 32.1. The van der Waals surface area contributed by atoms with Crippen molar-refractivity contribution in [3.63, 3.8) is 0 Å². The Balaban J connectivity index is 1.65. The summed E-state index contributed by atoms with van der Waals surface area (Å²) in [5.74, 6) is -0.975. The van der Waals surface area contributed by atoms with Gasteiger partial charge in [0.1, 0.15) is 5.69 Å². The van der Waals surface area contributed by atoms with Gasteiger partial charge in [0.25, 0.3) is 0 Å². The lowest BCUT2D eigenvalue weighted by Crippen LogP contribution is -2.24. The maximum absolute atomic E-state index is 12.5. The first-order valence-corrected chi connectivity index (χ1v) is 8.92. The van der Waals surface area contributed by atoms with Gasteiger partial charge >= 0.3 is 5.97 Å². The first-order chi connectivity index (χ1) is 12.4. The van der Waals surface area contributed by atoms with Crippen molar-refractivity contribution in [3.8, 4) is 0 Å². The molecule has 7 heteroatoms. The van der Waals surface area contributed by atoms with Gasteiger partial charge in [-0.1, -0.05) is 18.2 Å². The number of rotatable bonds is 6. The number of ketones is 1. The molecule has 0 aliphatic carbocycles. The minimum Gasteiger partial charge on any atom is -0.450 e. The fourth-order valence-corrected chi connectivity index (χ4v) is 3.44. The van der Waals surface area contributed by atoms with Gasteiger partial charge in [0, 0.05) is 22.7 Å². The van der Waals surface area contributed by atoms with Gasteiger partial charge in [0.15, 0.2) is 6.10 Å². The molecule has 6 nitrogen and oxygen atoms in total. The Morgan fingerprint density at radius 1 is 1.19 bits per heavy atom. The largest absolute Gasteiger partial charge is 0.450 e. The third kappa shape index (κ3) is 4.00. The predicted molar refractivity (Wildman–Crippen MR) is 99.3 cm³/mol. The molecule has 3 rings (SSSR count). The maximum Gasteiger partial charge on any atom is 0.355 e. The number of hydrogen-bond acceptors (Lipinski definition) is 5. The van der Waals surface area contributed by atoms with Crippen molar-refractivity contribution in [3.05, 3.63) is 57.9 Å². The highest BCUT2D eigenvalue weighted by Gasteiger charge is 2.22. The molecule has 0 spiro atoms. The Hall–Kier alpha value is -2.93. The lowest BCUT2D eigenvalue weighted by atomic mass is 10.2. The fraction of sp³-hybridized carbons (Fsp3) is 0.211. The standard InChI is InChI=1S/C19H18N2O4S/c1-11(18(23)17-8-7-14(26-17)10-20-12(2)22)25-19(24)16-9-13-5-3-4-6-15(13)21-16/h3-9,11,21H,10H2,1-2H3,(H,20,22). The van der Waals surface area contributed by atoms with E-state index in [-0.39, 0.29) is 11.7 Å². The smallest absolute Gasteiger partial charge is 0.355 e. The van der Waals surface area contributed by atoms with Crippen molar-refractivity contribution in [2.75, 3.05) is 0 Å². The summed E-state index contributed by atoms with van der Waals surface area (Å²) < 4.78 is 5.31. The second-order valence-electron chi connectivity index (χ2n) is 5.86. The van der Waals surface area contributed by atoms with Crippen LogP contribution in [0, 0.1) is 0 Å². The molecule has 2 aromatic heterocycles. The number of aromatic amines is 1. The first-order valence-electron chi connectivity index (χ1n) is 8.10. The number of esters is 1. The van der Waals surface area contributed by atoms with E-state index >= 15 is 0 Å². The van der Waals surface area contributed by atoms with Crippen molar-refractivity contribution in [2.24, 2.45) is 0 Å². The third-order valence-corrected chi connectivity index (χ3v) is 4.92. The van der Waals surface area contributed by atoms with Crippen molar-refractivity contribution >= 4 is 39.9 Å². The van der Waals surface area contributed by atoms with E-state index in [4.69, 9.17) is 4.74 Å². The quantitative estimate of drug-likeness (QED) is 0.515. The van der Waals surface area contributed by atoms with Crippen molar-refractivity contribution in [1.82, 2.24) is 10.3 Å². The van der Waals surface area contributed by atoms with E-state index in [2.05, 4.69) is 10.3 Å². The van der Waals surface area contributed by atoms with Gasteiger partial charge in [0.05, 0.1) is 11.4 Å². The lowest BCUT2D eigenvalue weighted by molar-refractivity contribution is -0.119. The topological polar surface area (TPSA) is 88.3 Å². The van der Waals surface area contributed by atoms with Crippen molar-refractivity contribution in [2.45, 2.75) is 26.5 Å². The number of benzene rings is 1. The van der Waals surface area contributed by atoms with E-state index in [1.807, 2.05) is 24.3 Å². The van der Waals surface area contributed by atoms with Gasteiger partial charge in [-0.15, -0.1) is 11.3 Å². The average molecular weight is 370 g/mol. The monoisotopic (exact) mass is 370 g/mol. The predicted octanol–water partition coefficient (Wildman–Crippen LogP) is 3.29. The summed E-state index contributed by atoms with van der Waals surface area (Å²) in [6, 6.07) is 12.7. The molecule has 0 saturated carbocycles. The molecule has 3 aromatic rings. The number of Topliss-reactive ketones (excluding diaryl/α,β-unsaturated/α-hetero) is 1. The molecule has 1 amide bonds. The number of ether oxygens (including phenoxy) is 1. The van der Waals surface area contributed by atoms with Gasteiger partial charge in [-0.25, -0.2) is 4.79 Å². The average Bonchev–Trinajstić information content (AvgIpc) is 3.25. The minimum atomic E-state index is -0.902. The number of nitrogens with one attached hydrogen (secondary N) is 2. The lowest BCUT2D eigenvalue weighted by Gasteiger charge is -2.10. The van der Waals surface area contributed by atoms with E-state index in [0.29, 0.717) is 17.1 Å². The normalized spacial score (nSPS) is 11.9. The second-order valence-corrected chi connectivity index (χ2v) is 7.03. The van der Waals surface area contributed by atoms with Crippen LogP contribution in [0.15, 0.2) is 42.5 Å². The number of hydrogen-bond donors (Lipinski definition) is 2. The second kappa shape index (κ2) is 7.53. The van der Waals surface area contributed by atoms with Gasteiger partial charge in [0.2, 0.25) is 11.7 Å². The van der Waals surface area contributed by atoms with E-state index < -0.39 is 12.1 Å². The number of aromatic nitrogens is 1. The van der Waals surface area contributed by atoms with Crippen LogP contribution in [0.4, 0.5) is 0 Å². The summed E-state index contributed by atoms with van der Waals surface area (Å²) in [4.78, 5) is 40.1. The fourth-order valence-electron chi connectivity index (χ4n) is 2.48. The molecule has 1 aromatic carbocycles. The van der Waals surface area contributed by atoms with Crippen LogP contribution in [0.5, 0.6) is 0 Å². The molecule has 1 unspecified atom stereocenters. The van der Waals surface area contributed by atoms with Crippen molar-refractivity contribution in [1.29, 1.82) is 0 Å². The van der Waals surface area contributed by atoms with Crippen LogP contribution in [0.25, 0.3) is 10.9 Å². The van der Waals surface area contributed by atoms with Crippen LogP contribution in [-0.4, -0.2) is 28.7 Å². The molecular formula is C19H18N2O4S. The number of fused-ring (bicyclic) bond motifs is 1. The summed E-state index contributed by atoms with van der Waals surface area (Å²) in [5, 5.41) is 3.58. The van der Waals surface area contributed by atoms with Crippen LogP contribution in [0.1, 0.15) is 38.9 Å². The molecule has 0 aliphatic heterocycles. The van der Waals surface area contributed by atoms with Crippen LogP contribution >= 0.6 is 11.3 Å². The van der Waals surface area contributed by atoms with Crippen LogP contribution < -0.4 is 5.32 Å². The summed E-state index contributed by atoms with van der Waals surface area (Å²) in [6.07, 6.45) is -0.902. The first kappa shape index (κ1) is 17.9. The molecule has 0 aliphatic rings. The highest BCUT2D eigenvalue weighted by molar-refractivity contribution is 7.14. The Labute approximate surface area is 154 Å². The number of para-hydroxylation sites is 1. The highest BCUT2D eigenvalue weighted by Crippen LogP contribution is 2.20. The summed E-state index contributed by atoms with van der Waals surface area (Å²) in [6.45, 7) is 3.36. The van der Waals surface area contributed by atoms with Crippen molar-refractivity contribution < 1.29 is 19.1 Å². The molecule has 2 N–H and O–H groups in total. The number of carbonyl (C=O) groups excluding carboxylic acids is 3. The van der Waals surface area contributed by atoms with Gasteiger partial charge in [-0.2, -0.15) is 0 Å². The zero-order chi connectivity index (χ0) is 18.7. The van der Waals surface area contributed by atoms with Gasteiger partial charge in [-0.3, -0.25) is 9.59 Å². The number of H-pyrrole nitrogens is 1. The molecule has 1 atom stereocenters. The van der Waals surface area contributed by atoms with Gasteiger partial charge < -0.3 is 15.0 Å². The summed E-state index contributed by atoms with van der Waals surface area (Å²) >= 11 is 1.27. The zero-order valence-corrected chi connectivity index (χ0v) is 15.2. The van der Waals surface area contributed by atoms with Crippen LogP contribution in [0.3, 0.4) is 0 Å². The molecule has 2 heterocycles. The molecule has 0 fully saturated rings. The SMILES string of the molecule is CC(=O)NCc1ccc(C(=O)C(C)OC(=O)c2cc3ccccc3[nH]2)s1.